The molecular formula is C23H16Cl2N4O2S. The van der Waals surface area contributed by atoms with Gasteiger partial charge < -0.3 is 5.32 Å². The first-order chi connectivity index (χ1) is 15.5. The molecule has 1 heterocycles. The summed E-state index contributed by atoms with van der Waals surface area (Å²) in [6.07, 6.45) is 0. The molecule has 0 saturated carbocycles. The second-order valence-electron chi connectivity index (χ2n) is 6.60. The molecule has 0 aliphatic heterocycles. The molecule has 32 heavy (non-hydrogen) atoms. The molecule has 1 aromatic heterocycles. The number of hydrogen-bond donors (Lipinski definition) is 2. The van der Waals surface area contributed by atoms with E-state index in [1.54, 1.807) is 66.0 Å². The van der Waals surface area contributed by atoms with E-state index in [2.05, 4.69) is 15.8 Å². The molecule has 0 fully saturated rings. The normalized spacial score (nSPS) is 11.2. The van der Waals surface area contributed by atoms with Crippen molar-refractivity contribution in [2.24, 2.45) is 5.10 Å². The van der Waals surface area contributed by atoms with Crippen LogP contribution in [0.4, 0.5) is 10.5 Å². The van der Waals surface area contributed by atoms with Gasteiger partial charge in [-0.25, -0.2) is 14.8 Å². The van der Waals surface area contributed by atoms with Gasteiger partial charge in [0.1, 0.15) is 0 Å². The molecule has 2 amide bonds. The number of nitrogens with one attached hydrogen (secondary N) is 2. The van der Waals surface area contributed by atoms with E-state index in [-0.39, 0.29) is 5.91 Å². The lowest BCUT2D eigenvalue weighted by Gasteiger charge is -2.10. The molecule has 0 saturated heterocycles. The topological polar surface area (TPSA) is 75.5 Å². The smallest absolute Gasteiger partial charge is 0.307 e. The van der Waals surface area contributed by atoms with Gasteiger partial charge in [-0.2, -0.15) is 0 Å². The molecule has 0 unspecified atom stereocenters. The maximum Gasteiger partial charge on any atom is 0.332 e. The third kappa shape index (κ3) is 5.08. The summed E-state index contributed by atoms with van der Waals surface area (Å²) in [4.78, 5) is 25.9. The summed E-state index contributed by atoms with van der Waals surface area (Å²) >= 11 is 13.2. The number of rotatable bonds is 4. The van der Waals surface area contributed by atoms with Crippen LogP contribution in [0.5, 0.6) is 0 Å². The minimum Gasteiger partial charge on any atom is -0.307 e. The van der Waals surface area contributed by atoms with E-state index in [4.69, 9.17) is 23.2 Å². The highest BCUT2D eigenvalue weighted by atomic mass is 35.5. The van der Waals surface area contributed by atoms with Crippen LogP contribution in [-0.2, 0) is 0 Å². The number of nitrogens with zero attached hydrogens (tertiary/aromatic N) is 2. The molecule has 2 N–H and O–H groups in total. The first kappa shape index (κ1) is 21.8. The molecule has 160 valence electrons. The first-order valence-corrected chi connectivity index (χ1v) is 11.1. The van der Waals surface area contributed by atoms with Crippen molar-refractivity contribution in [3.63, 3.8) is 0 Å². The van der Waals surface area contributed by atoms with Gasteiger partial charge in [-0.3, -0.25) is 4.79 Å². The third-order valence-electron chi connectivity index (χ3n) is 4.44. The van der Waals surface area contributed by atoms with Crippen molar-refractivity contribution in [2.45, 2.75) is 0 Å². The summed E-state index contributed by atoms with van der Waals surface area (Å²) in [6, 6.07) is 22.1. The largest absolute Gasteiger partial charge is 0.332 e. The predicted octanol–water partition coefficient (Wildman–Crippen LogP) is 5.85. The van der Waals surface area contributed by atoms with Gasteiger partial charge in [0.05, 0.1) is 5.69 Å². The fourth-order valence-corrected chi connectivity index (χ4v) is 3.97. The van der Waals surface area contributed by atoms with Crippen molar-refractivity contribution < 1.29 is 9.59 Å². The molecular weight excluding hydrogens is 467 g/mol. The van der Waals surface area contributed by atoms with Gasteiger partial charge in [-0.05, 0) is 54.1 Å². The van der Waals surface area contributed by atoms with Crippen molar-refractivity contribution >= 4 is 52.2 Å². The van der Waals surface area contributed by atoms with Crippen LogP contribution in [0, 0.1) is 0 Å². The molecule has 0 spiro atoms. The Morgan fingerprint density at radius 2 is 1.47 bits per heavy atom. The standard InChI is InChI=1S/C23H16Cl2N4O2S/c24-17-8-6-15(7-9-17)20-14-32-23(28-27-21(30)16-4-2-1-3-5-16)29(20)22(31)26-19-12-10-18(25)11-13-19/h1-14H,(H,26,31)(H,27,30)/b28-23+. The average Bonchev–Trinajstić information content (AvgIpc) is 3.24. The van der Waals surface area contributed by atoms with Gasteiger partial charge in [0, 0.05) is 26.7 Å². The second kappa shape index (κ2) is 9.82. The minimum atomic E-state index is -0.439. The zero-order valence-corrected chi connectivity index (χ0v) is 18.8. The van der Waals surface area contributed by atoms with Crippen molar-refractivity contribution in [3.8, 4) is 11.3 Å². The summed E-state index contributed by atoms with van der Waals surface area (Å²) < 4.78 is 1.40. The number of thiazole rings is 1. The number of anilines is 1. The molecule has 0 radical (unpaired) electrons. The Hall–Kier alpha value is -3.39. The fourth-order valence-electron chi connectivity index (χ4n) is 2.87. The van der Waals surface area contributed by atoms with Gasteiger partial charge in [0.25, 0.3) is 5.91 Å². The van der Waals surface area contributed by atoms with E-state index in [1.165, 1.54) is 15.9 Å². The Labute approximate surface area is 197 Å². The molecule has 0 bridgehead atoms. The molecule has 0 aliphatic rings. The zero-order valence-electron chi connectivity index (χ0n) is 16.5. The maximum absolute atomic E-state index is 13.2. The molecule has 3 aromatic carbocycles. The summed E-state index contributed by atoms with van der Waals surface area (Å²) in [5.74, 6) is -0.378. The van der Waals surface area contributed by atoms with Crippen LogP contribution in [0.3, 0.4) is 0 Å². The summed E-state index contributed by atoms with van der Waals surface area (Å²) in [5.41, 5.74) is 4.92. The highest BCUT2D eigenvalue weighted by Gasteiger charge is 2.16. The van der Waals surface area contributed by atoms with Crippen LogP contribution in [0.1, 0.15) is 10.4 Å². The lowest BCUT2D eigenvalue weighted by molar-refractivity contribution is 0.0953. The Balaban J connectivity index is 1.71. The second-order valence-corrected chi connectivity index (χ2v) is 8.31. The van der Waals surface area contributed by atoms with Crippen molar-refractivity contribution in [1.29, 1.82) is 0 Å². The van der Waals surface area contributed by atoms with Gasteiger partial charge in [-0.15, -0.1) is 16.4 Å². The van der Waals surface area contributed by atoms with E-state index in [9.17, 15) is 9.59 Å². The van der Waals surface area contributed by atoms with Crippen LogP contribution in [0.25, 0.3) is 11.3 Å². The average molecular weight is 483 g/mol. The lowest BCUT2D eigenvalue weighted by atomic mass is 10.2. The Morgan fingerprint density at radius 3 is 2.12 bits per heavy atom. The third-order valence-corrected chi connectivity index (χ3v) is 5.77. The molecule has 0 atom stereocenters. The fraction of sp³-hybridized carbons (Fsp3) is 0. The van der Waals surface area contributed by atoms with Crippen molar-refractivity contribution in [1.82, 2.24) is 9.99 Å². The van der Waals surface area contributed by atoms with Crippen molar-refractivity contribution in [2.75, 3.05) is 5.32 Å². The van der Waals surface area contributed by atoms with E-state index in [0.29, 0.717) is 31.8 Å². The van der Waals surface area contributed by atoms with E-state index < -0.39 is 6.03 Å². The summed E-state index contributed by atoms with van der Waals surface area (Å²) in [5, 5.41) is 9.96. The van der Waals surface area contributed by atoms with E-state index in [0.717, 1.165) is 5.56 Å². The van der Waals surface area contributed by atoms with Crippen LogP contribution in [-0.4, -0.2) is 16.5 Å². The number of hydrogen-bond acceptors (Lipinski definition) is 4. The number of aromatic nitrogens is 1. The van der Waals surface area contributed by atoms with Gasteiger partial charge >= 0.3 is 6.03 Å². The van der Waals surface area contributed by atoms with Crippen LogP contribution >= 0.6 is 34.5 Å². The van der Waals surface area contributed by atoms with Gasteiger partial charge in [0.15, 0.2) is 0 Å². The first-order valence-electron chi connectivity index (χ1n) is 9.44. The maximum atomic E-state index is 13.2. The number of carbonyl (C=O) groups excluding carboxylic acids is 2. The Kier molecular flexibility index (Phi) is 6.70. The summed E-state index contributed by atoms with van der Waals surface area (Å²) in [7, 11) is 0. The van der Waals surface area contributed by atoms with Crippen LogP contribution in [0.2, 0.25) is 10.0 Å². The quantitative estimate of drug-likeness (QED) is 0.358. The lowest BCUT2D eigenvalue weighted by Crippen LogP contribution is -2.31. The SMILES string of the molecule is O=C(N/N=c1/scc(-c2ccc(Cl)cc2)n1C(=O)Nc1ccc(Cl)cc1)c1ccccc1. The van der Waals surface area contributed by atoms with Gasteiger partial charge in [0.2, 0.25) is 4.80 Å². The predicted molar refractivity (Wildman–Crippen MR) is 128 cm³/mol. The number of amides is 2. The highest BCUT2D eigenvalue weighted by Crippen LogP contribution is 2.23. The highest BCUT2D eigenvalue weighted by molar-refractivity contribution is 7.07. The van der Waals surface area contributed by atoms with Crippen LogP contribution in [0.15, 0.2) is 89.3 Å². The molecule has 4 rings (SSSR count). The number of carbonyl (C=O) groups is 2. The number of benzene rings is 3. The van der Waals surface area contributed by atoms with Crippen molar-refractivity contribution in [3.05, 3.63) is 105 Å². The Morgan fingerprint density at radius 1 is 0.844 bits per heavy atom. The summed E-state index contributed by atoms with van der Waals surface area (Å²) in [6.45, 7) is 0. The minimum absolute atomic E-state index is 0.297. The monoisotopic (exact) mass is 482 g/mol. The van der Waals surface area contributed by atoms with Gasteiger partial charge in [-0.1, -0.05) is 53.5 Å². The zero-order chi connectivity index (χ0) is 22.5. The molecule has 0 aliphatic carbocycles. The number of halogens is 2. The van der Waals surface area contributed by atoms with Crippen LogP contribution < -0.4 is 15.5 Å². The molecule has 9 heteroatoms. The molecule has 4 aromatic rings. The molecule has 6 nitrogen and oxygen atoms in total. The van der Waals surface area contributed by atoms with E-state index in [1.807, 2.05) is 18.2 Å². The van der Waals surface area contributed by atoms with E-state index >= 15 is 0 Å². The Bertz CT molecular complexity index is 1310.